The maximum Gasteiger partial charge on any atom is 0.410 e. The van der Waals surface area contributed by atoms with Crippen molar-refractivity contribution in [1.82, 2.24) is 4.90 Å². The minimum absolute atomic E-state index is 0.111. The first-order valence-corrected chi connectivity index (χ1v) is 10.6. The number of ketones is 1. The molecule has 2 heterocycles. The molecule has 4 nitrogen and oxygen atoms in total. The molecule has 0 radical (unpaired) electrons. The van der Waals surface area contributed by atoms with Crippen LogP contribution >= 0.6 is 0 Å². The van der Waals surface area contributed by atoms with Crippen molar-refractivity contribution in [2.45, 2.75) is 49.9 Å². The SMILES string of the molecule is O=C1CC2CCC(CC1C(F)(F)F)N2C(=O)OCC1c2ccccc2-c2ccccc21. The maximum atomic E-state index is 13.3. The van der Waals surface area contributed by atoms with Gasteiger partial charge in [0.25, 0.3) is 0 Å². The second kappa shape index (κ2) is 7.39. The van der Waals surface area contributed by atoms with Gasteiger partial charge in [0.1, 0.15) is 18.3 Å². The number of carbonyl (C=O) groups excluding carboxylic acids is 2. The predicted molar refractivity (Wildman–Crippen MR) is 108 cm³/mol. The van der Waals surface area contributed by atoms with E-state index in [4.69, 9.17) is 4.74 Å². The van der Waals surface area contributed by atoms with E-state index < -0.39 is 36.1 Å². The number of benzene rings is 2. The van der Waals surface area contributed by atoms with Crippen LogP contribution < -0.4 is 0 Å². The van der Waals surface area contributed by atoms with E-state index in [0.717, 1.165) is 22.3 Å². The van der Waals surface area contributed by atoms with Gasteiger partial charge < -0.3 is 9.64 Å². The number of nitrogens with zero attached hydrogens (tertiary/aromatic N) is 1. The lowest BCUT2D eigenvalue weighted by Crippen LogP contribution is -2.41. The number of hydrogen-bond acceptors (Lipinski definition) is 3. The van der Waals surface area contributed by atoms with Crippen molar-refractivity contribution >= 4 is 11.9 Å². The Balaban J connectivity index is 1.34. The zero-order valence-corrected chi connectivity index (χ0v) is 16.8. The quantitative estimate of drug-likeness (QED) is 0.650. The van der Waals surface area contributed by atoms with Crippen molar-refractivity contribution in [2.75, 3.05) is 6.61 Å². The van der Waals surface area contributed by atoms with Crippen molar-refractivity contribution in [3.63, 3.8) is 0 Å². The molecule has 1 amide bonds. The van der Waals surface area contributed by atoms with Crippen molar-refractivity contribution in [3.8, 4) is 11.1 Å². The van der Waals surface area contributed by atoms with Gasteiger partial charge in [0.2, 0.25) is 0 Å². The van der Waals surface area contributed by atoms with Gasteiger partial charge in [0.05, 0.1) is 0 Å². The Labute approximate surface area is 178 Å². The molecule has 0 spiro atoms. The summed E-state index contributed by atoms with van der Waals surface area (Å²) in [6.07, 6.45) is -4.83. The summed E-state index contributed by atoms with van der Waals surface area (Å²) < 4.78 is 45.6. The summed E-state index contributed by atoms with van der Waals surface area (Å²) in [6.45, 7) is 0.111. The maximum absolute atomic E-state index is 13.3. The van der Waals surface area contributed by atoms with Crippen LogP contribution in [-0.2, 0) is 9.53 Å². The van der Waals surface area contributed by atoms with Crippen molar-refractivity contribution in [3.05, 3.63) is 59.7 Å². The predicted octanol–water partition coefficient (Wildman–Crippen LogP) is 5.31. The van der Waals surface area contributed by atoms with Crippen LogP contribution in [0, 0.1) is 5.92 Å². The number of amides is 1. The van der Waals surface area contributed by atoms with Crippen LogP contribution in [0.15, 0.2) is 48.5 Å². The summed E-state index contributed by atoms with van der Waals surface area (Å²) >= 11 is 0. The molecule has 3 aliphatic rings. The van der Waals surface area contributed by atoms with Gasteiger partial charge in [-0.25, -0.2) is 4.79 Å². The molecule has 2 saturated heterocycles. The van der Waals surface area contributed by atoms with E-state index in [0.29, 0.717) is 12.8 Å². The molecule has 3 atom stereocenters. The van der Waals surface area contributed by atoms with Crippen LogP contribution in [0.25, 0.3) is 11.1 Å². The molecule has 31 heavy (non-hydrogen) atoms. The molecular weight excluding hydrogens is 407 g/mol. The molecule has 7 heteroatoms. The summed E-state index contributed by atoms with van der Waals surface area (Å²) in [4.78, 5) is 26.5. The molecule has 162 valence electrons. The van der Waals surface area contributed by atoms with Crippen molar-refractivity contribution in [1.29, 1.82) is 0 Å². The van der Waals surface area contributed by atoms with Gasteiger partial charge in [-0.15, -0.1) is 0 Å². The fourth-order valence-electron chi connectivity index (χ4n) is 5.45. The fraction of sp³-hybridized carbons (Fsp3) is 0.417. The van der Waals surface area contributed by atoms with E-state index in [1.165, 1.54) is 4.90 Å². The van der Waals surface area contributed by atoms with Crippen LogP contribution in [0.3, 0.4) is 0 Å². The number of Topliss-reactive ketones (excluding diaryl/α,β-unsaturated/α-hetero) is 1. The lowest BCUT2D eigenvalue weighted by Gasteiger charge is -2.28. The molecule has 2 aromatic carbocycles. The number of alkyl halides is 3. The molecule has 2 fully saturated rings. The molecule has 3 unspecified atom stereocenters. The molecule has 2 aliphatic heterocycles. The molecule has 0 aromatic heterocycles. The molecule has 0 saturated carbocycles. The highest BCUT2D eigenvalue weighted by Gasteiger charge is 2.52. The number of fused-ring (bicyclic) bond motifs is 5. The second-order valence-electron chi connectivity index (χ2n) is 8.60. The highest BCUT2D eigenvalue weighted by atomic mass is 19.4. The number of ether oxygens (including phenoxy) is 1. The number of halogens is 3. The summed E-state index contributed by atoms with van der Waals surface area (Å²) in [7, 11) is 0. The van der Waals surface area contributed by atoms with E-state index in [1.54, 1.807) is 0 Å². The zero-order chi connectivity index (χ0) is 21.8. The summed E-state index contributed by atoms with van der Waals surface area (Å²) in [5, 5.41) is 0. The third-order valence-electron chi connectivity index (χ3n) is 6.90. The number of rotatable bonds is 2. The average molecular weight is 429 g/mol. The first-order valence-electron chi connectivity index (χ1n) is 10.6. The summed E-state index contributed by atoms with van der Waals surface area (Å²) in [6, 6.07) is 14.8. The lowest BCUT2D eigenvalue weighted by molar-refractivity contribution is -0.183. The summed E-state index contributed by atoms with van der Waals surface area (Å²) in [5.74, 6) is -2.94. The van der Waals surface area contributed by atoms with Gasteiger partial charge in [-0.05, 0) is 41.5 Å². The monoisotopic (exact) mass is 429 g/mol. The zero-order valence-electron chi connectivity index (χ0n) is 16.8. The van der Waals surface area contributed by atoms with Gasteiger partial charge in [0, 0.05) is 24.4 Å². The van der Waals surface area contributed by atoms with Gasteiger partial charge in [-0.1, -0.05) is 48.5 Å². The number of hydrogen-bond donors (Lipinski definition) is 0. The Morgan fingerprint density at radius 3 is 2.16 bits per heavy atom. The van der Waals surface area contributed by atoms with E-state index in [2.05, 4.69) is 0 Å². The van der Waals surface area contributed by atoms with E-state index in [-0.39, 0.29) is 25.4 Å². The van der Waals surface area contributed by atoms with E-state index >= 15 is 0 Å². The standard InChI is InChI=1S/C24H22F3NO3/c25-24(26,27)21-11-14-9-10-15(12-22(21)29)28(14)23(30)31-13-20-18-7-3-1-5-16(18)17-6-2-4-8-19(17)20/h1-8,14-15,20-21H,9-13H2. The van der Waals surface area contributed by atoms with Crippen molar-refractivity contribution in [2.24, 2.45) is 5.92 Å². The number of carbonyl (C=O) groups is 2. The van der Waals surface area contributed by atoms with Gasteiger partial charge in [0.15, 0.2) is 0 Å². The summed E-state index contributed by atoms with van der Waals surface area (Å²) in [5.41, 5.74) is 4.35. The smallest absolute Gasteiger partial charge is 0.410 e. The van der Waals surface area contributed by atoms with Gasteiger partial charge >= 0.3 is 12.3 Å². The van der Waals surface area contributed by atoms with Crippen molar-refractivity contribution < 1.29 is 27.5 Å². The van der Waals surface area contributed by atoms with Gasteiger partial charge in [-0.3, -0.25) is 4.79 Å². The van der Waals surface area contributed by atoms with Crippen LogP contribution in [0.2, 0.25) is 0 Å². The van der Waals surface area contributed by atoms with Crippen LogP contribution in [-0.4, -0.2) is 41.6 Å². The lowest BCUT2D eigenvalue weighted by atomic mass is 9.89. The molecule has 2 aromatic rings. The fourth-order valence-corrected chi connectivity index (χ4v) is 5.45. The molecule has 5 rings (SSSR count). The largest absolute Gasteiger partial charge is 0.448 e. The van der Waals surface area contributed by atoms with E-state index in [9.17, 15) is 22.8 Å². The third kappa shape index (κ3) is 3.40. The second-order valence-corrected chi connectivity index (χ2v) is 8.60. The molecule has 0 N–H and O–H groups in total. The molecule has 2 bridgehead atoms. The Hall–Kier alpha value is -2.83. The van der Waals surface area contributed by atoms with Gasteiger partial charge in [-0.2, -0.15) is 13.2 Å². The highest BCUT2D eigenvalue weighted by Crippen LogP contribution is 2.45. The first kappa shape index (κ1) is 20.1. The first-order chi connectivity index (χ1) is 14.8. The van der Waals surface area contributed by atoms with Crippen LogP contribution in [0.4, 0.5) is 18.0 Å². The Morgan fingerprint density at radius 2 is 1.55 bits per heavy atom. The van der Waals surface area contributed by atoms with E-state index in [1.807, 2.05) is 48.5 Å². The Bertz CT molecular complexity index is 989. The average Bonchev–Trinajstić information content (AvgIpc) is 3.22. The third-order valence-corrected chi connectivity index (χ3v) is 6.90. The Morgan fingerprint density at radius 1 is 0.968 bits per heavy atom. The normalized spacial score (nSPS) is 25.2. The minimum atomic E-state index is -4.57. The topological polar surface area (TPSA) is 46.6 Å². The highest BCUT2D eigenvalue weighted by molar-refractivity contribution is 5.84. The Kier molecular flexibility index (Phi) is 4.79. The minimum Gasteiger partial charge on any atom is -0.448 e. The molecular formula is C24H22F3NO3. The van der Waals surface area contributed by atoms with Crippen LogP contribution in [0.5, 0.6) is 0 Å². The molecule has 1 aliphatic carbocycles. The van der Waals surface area contributed by atoms with Crippen LogP contribution in [0.1, 0.15) is 42.7 Å².